The molecular weight excluding hydrogens is 178 g/mol. The maximum atomic E-state index is 11.4. The van der Waals surface area contributed by atoms with Gasteiger partial charge < -0.3 is 9.88 Å². The van der Waals surface area contributed by atoms with Gasteiger partial charge in [-0.05, 0) is 27.7 Å². The van der Waals surface area contributed by atoms with Gasteiger partial charge in [0.05, 0.1) is 12.0 Å². The molecule has 0 aromatic carbocycles. The van der Waals surface area contributed by atoms with Crippen LogP contribution in [0.5, 0.6) is 0 Å². The Morgan fingerprint density at radius 3 is 2.64 bits per heavy atom. The first-order chi connectivity index (χ1) is 6.50. The molecule has 0 aliphatic rings. The summed E-state index contributed by atoms with van der Waals surface area (Å²) < 4.78 is 1.85. The van der Waals surface area contributed by atoms with Gasteiger partial charge in [0.15, 0.2) is 0 Å². The highest BCUT2D eigenvalue weighted by atomic mass is 16.2. The van der Waals surface area contributed by atoms with E-state index >= 15 is 0 Å². The summed E-state index contributed by atoms with van der Waals surface area (Å²) in [5.41, 5.74) is 2.02. The molecule has 4 heteroatoms. The summed E-state index contributed by atoms with van der Waals surface area (Å²) >= 11 is 0. The van der Waals surface area contributed by atoms with Gasteiger partial charge in [0, 0.05) is 11.7 Å². The highest BCUT2D eigenvalue weighted by molar-refractivity contribution is 5.76. The first kappa shape index (κ1) is 10.8. The molecule has 0 atom stereocenters. The van der Waals surface area contributed by atoms with Crippen molar-refractivity contribution in [2.75, 3.05) is 0 Å². The van der Waals surface area contributed by atoms with Crippen molar-refractivity contribution in [2.24, 2.45) is 0 Å². The van der Waals surface area contributed by atoms with E-state index in [0.717, 1.165) is 11.4 Å². The molecule has 1 aromatic heterocycles. The number of hydrogen-bond donors (Lipinski definition) is 1. The van der Waals surface area contributed by atoms with E-state index in [1.165, 1.54) is 0 Å². The second-order valence-corrected chi connectivity index (χ2v) is 3.77. The number of carbonyl (C=O) groups excluding carboxylic acids is 1. The summed E-state index contributed by atoms with van der Waals surface area (Å²) in [5.74, 6) is 0.0282. The lowest BCUT2D eigenvalue weighted by molar-refractivity contribution is -0.122. The van der Waals surface area contributed by atoms with Crippen molar-refractivity contribution < 1.29 is 4.79 Å². The lowest BCUT2D eigenvalue weighted by Crippen LogP contribution is -2.33. The molecule has 0 radical (unpaired) electrons. The minimum Gasteiger partial charge on any atom is -0.352 e. The zero-order chi connectivity index (χ0) is 10.7. The van der Waals surface area contributed by atoms with Crippen LogP contribution in [0.3, 0.4) is 0 Å². The fourth-order valence-corrected chi connectivity index (χ4v) is 1.23. The van der Waals surface area contributed by atoms with Crippen molar-refractivity contribution in [3.63, 3.8) is 0 Å². The monoisotopic (exact) mass is 195 g/mol. The molecule has 1 N–H and O–H groups in total. The Morgan fingerprint density at radius 2 is 2.21 bits per heavy atom. The van der Waals surface area contributed by atoms with Crippen LogP contribution in [0.4, 0.5) is 0 Å². The fraction of sp³-hybridized carbons (Fsp3) is 0.600. The number of amides is 1. The first-order valence-corrected chi connectivity index (χ1v) is 4.78. The predicted octanol–water partition coefficient (Wildman–Crippen LogP) is 1.02. The third kappa shape index (κ3) is 2.58. The molecule has 1 aromatic rings. The predicted molar refractivity (Wildman–Crippen MR) is 55.0 cm³/mol. The molecule has 78 valence electrons. The number of nitrogens with zero attached hydrogens (tertiary/aromatic N) is 2. The van der Waals surface area contributed by atoms with Crippen molar-refractivity contribution in [1.29, 1.82) is 0 Å². The van der Waals surface area contributed by atoms with E-state index in [0.29, 0.717) is 6.54 Å². The van der Waals surface area contributed by atoms with Gasteiger partial charge in [0.2, 0.25) is 5.91 Å². The van der Waals surface area contributed by atoms with Crippen LogP contribution in [0.25, 0.3) is 0 Å². The summed E-state index contributed by atoms with van der Waals surface area (Å²) in [6.45, 7) is 8.15. The summed E-state index contributed by atoms with van der Waals surface area (Å²) in [7, 11) is 0. The molecule has 0 fully saturated rings. The second-order valence-electron chi connectivity index (χ2n) is 3.77. The van der Waals surface area contributed by atoms with Gasteiger partial charge in [-0.1, -0.05) is 0 Å². The van der Waals surface area contributed by atoms with Gasteiger partial charge in [-0.15, -0.1) is 0 Å². The van der Waals surface area contributed by atoms with Gasteiger partial charge in [0.25, 0.3) is 0 Å². The smallest absolute Gasteiger partial charge is 0.240 e. The van der Waals surface area contributed by atoms with Gasteiger partial charge >= 0.3 is 0 Å². The minimum atomic E-state index is 0.0282. The topological polar surface area (TPSA) is 46.9 Å². The molecule has 0 spiro atoms. The molecule has 0 bridgehead atoms. The molecule has 4 nitrogen and oxygen atoms in total. The summed E-state index contributed by atoms with van der Waals surface area (Å²) in [5, 5.41) is 2.84. The van der Waals surface area contributed by atoms with E-state index in [-0.39, 0.29) is 11.9 Å². The molecular formula is C10H17N3O. The molecule has 14 heavy (non-hydrogen) atoms. The van der Waals surface area contributed by atoms with Gasteiger partial charge in [-0.3, -0.25) is 4.79 Å². The van der Waals surface area contributed by atoms with E-state index < -0.39 is 0 Å². The highest BCUT2D eigenvalue weighted by Crippen LogP contribution is 2.03. The van der Waals surface area contributed by atoms with Crippen LogP contribution < -0.4 is 5.32 Å². The normalized spacial score (nSPS) is 10.6. The summed E-state index contributed by atoms with van der Waals surface area (Å²) in [4.78, 5) is 15.6. The van der Waals surface area contributed by atoms with E-state index in [1.54, 1.807) is 6.33 Å². The molecule has 0 saturated heterocycles. The lowest BCUT2D eigenvalue weighted by atomic mass is 10.3. The number of nitrogens with one attached hydrogen (secondary N) is 1. The average Bonchev–Trinajstić information content (AvgIpc) is 2.34. The molecule has 0 aliphatic carbocycles. The Labute approximate surface area is 84.3 Å². The summed E-state index contributed by atoms with van der Waals surface area (Å²) in [6, 6.07) is 0.187. The maximum Gasteiger partial charge on any atom is 0.240 e. The number of aryl methyl sites for hydroxylation is 1. The standard InChI is InChI=1S/C10H17N3O/c1-7(2)12-10(14)5-13-6-11-8(3)9(13)4/h6-7H,5H2,1-4H3,(H,12,14). The van der Waals surface area contributed by atoms with Crippen molar-refractivity contribution in [3.05, 3.63) is 17.7 Å². The SMILES string of the molecule is Cc1ncn(CC(=O)NC(C)C)c1C. The molecule has 1 heterocycles. The Morgan fingerprint density at radius 1 is 1.57 bits per heavy atom. The molecule has 0 unspecified atom stereocenters. The Kier molecular flexibility index (Phi) is 3.28. The zero-order valence-electron chi connectivity index (χ0n) is 9.16. The van der Waals surface area contributed by atoms with Crippen LogP contribution in [0, 0.1) is 13.8 Å². The summed E-state index contributed by atoms with van der Waals surface area (Å²) in [6.07, 6.45) is 1.70. The van der Waals surface area contributed by atoms with Crippen molar-refractivity contribution in [3.8, 4) is 0 Å². The molecule has 0 aliphatic heterocycles. The number of aromatic nitrogens is 2. The highest BCUT2D eigenvalue weighted by Gasteiger charge is 2.07. The van der Waals surface area contributed by atoms with Crippen LogP contribution in [-0.2, 0) is 11.3 Å². The lowest BCUT2D eigenvalue weighted by Gasteiger charge is -2.09. The van der Waals surface area contributed by atoms with Crippen LogP contribution in [0.15, 0.2) is 6.33 Å². The molecule has 1 rings (SSSR count). The van der Waals surface area contributed by atoms with E-state index in [1.807, 2.05) is 32.3 Å². The van der Waals surface area contributed by atoms with Gasteiger partial charge in [0.1, 0.15) is 6.54 Å². The van der Waals surface area contributed by atoms with Crippen LogP contribution in [-0.4, -0.2) is 21.5 Å². The van der Waals surface area contributed by atoms with Gasteiger partial charge in [-0.25, -0.2) is 4.98 Å². The van der Waals surface area contributed by atoms with Crippen LogP contribution in [0.1, 0.15) is 25.2 Å². The van der Waals surface area contributed by atoms with Crippen molar-refractivity contribution in [2.45, 2.75) is 40.3 Å². The van der Waals surface area contributed by atoms with Crippen molar-refractivity contribution in [1.82, 2.24) is 14.9 Å². The second kappa shape index (κ2) is 4.26. The van der Waals surface area contributed by atoms with E-state index in [9.17, 15) is 4.79 Å². The van der Waals surface area contributed by atoms with Crippen molar-refractivity contribution >= 4 is 5.91 Å². The quantitative estimate of drug-likeness (QED) is 0.783. The third-order valence-electron chi connectivity index (χ3n) is 2.11. The number of imidazole rings is 1. The van der Waals surface area contributed by atoms with E-state index in [4.69, 9.17) is 0 Å². The van der Waals surface area contributed by atoms with Gasteiger partial charge in [-0.2, -0.15) is 0 Å². The number of carbonyl (C=O) groups is 1. The van der Waals surface area contributed by atoms with Crippen LogP contribution >= 0.6 is 0 Å². The largest absolute Gasteiger partial charge is 0.352 e. The maximum absolute atomic E-state index is 11.4. The fourth-order valence-electron chi connectivity index (χ4n) is 1.23. The Balaban J connectivity index is 2.61. The molecule has 0 saturated carbocycles. The number of rotatable bonds is 3. The average molecular weight is 195 g/mol. The first-order valence-electron chi connectivity index (χ1n) is 4.78. The van der Waals surface area contributed by atoms with Crippen LogP contribution in [0.2, 0.25) is 0 Å². The number of hydrogen-bond acceptors (Lipinski definition) is 2. The Hall–Kier alpha value is -1.32. The Bertz CT molecular complexity index is 328. The third-order valence-corrected chi connectivity index (χ3v) is 2.11. The van der Waals surface area contributed by atoms with E-state index in [2.05, 4.69) is 10.3 Å². The zero-order valence-corrected chi connectivity index (χ0v) is 9.16. The minimum absolute atomic E-state index is 0.0282. The molecule has 1 amide bonds.